The Hall–Kier alpha value is -1.18. The van der Waals surface area contributed by atoms with E-state index in [1.165, 1.54) is 28.3 Å². The van der Waals surface area contributed by atoms with Gasteiger partial charge in [-0.2, -0.15) is 4.31 Å². The predicted molar refractivity (Wildman–Crippen MR) is 102 cm³/mol. The number of hydrogen-bond acceptors (Lipinski definition) is 4. The second kappa shape index (κ2) is 8.47. The van der Waals surface area contributed by atoms with Crippen LogP contribution in [0.2, 0.25) is 5.02 Å². The smallest absolute Gasteiger partial charge is 0.245 e. The van der Waals surface area contributed by atoms with Crippen molar-refractivity contribution >= 4 is 34.0 Å². The maximum atomic E-state index is 13.0. The van der Waals surface area contributed by atoms with Crippen molar-refractivity contribution in [2.45, 2.75) is 24.3 Å². The van der Waals surface area contributed by atoms with Gasteiger partial charge in [-0.05, 0) is 23.6 Å². The first kappa shape index (κ1) is 20.1. The number of nitrogens with one attached hydrogen (secondary N) is 1. The maximum Gasteiger partial charge on any atom is 0.245 e. The summed E-state index contributed by atoms with van der Waals surface area (Å²) in [6.45, 7) is 3.71. The van der Waals surface area contributed by atoms with Gasteiger partial charge in [0, 0.05) is 32.0 Å². The number of aromatic nitrogens is 1. The third kappa shape index (κ3) is 4.33. The first-order valence-electron chi connectivity index (χ1n) is 7.94. The minimum absolute atomic E-state index is 0. The number of sulfonamides is 1. The Bertz CT molecular complexity index is 813. The van der Waals surface area contributed by atoms with E-state index in [4.69, 9.17) is 11.6 Å². The minimum Gasteiger partial charge on any atom is -0.313 e. The van der Waals surface area contributed by atoms with Gasteiger partial charge in [0.25, 0.3) is 0 Å². The highest BCUT2D eigenvalue weighted by Gasteiger charge is 2.34. The highest BCUT2D eigenvalue weighted by Crippen LogP contribution is 2.29. The molecule has 3 rings (SSSR count). The largest absolute Gasteiger partial charge is 0.313 e. The molecule has 0 amide bonds. The van der Waals surface area contributed by atoms with Crippen molar-refractivity contribution in [2.75, 3.05) is 19.6 Å². The lowest BCUT2D eigenvalue weighted by atomic mass is 10.0. The molecule has 1 saturated heterocycles. The summed E-state index contributed by atoms with van der Waals surface area (Å²) >= 11 is 5.92. The van der Waals surface area contributed by atoms with Crippen LogP contribution in [0.15, 0.2) is 47.6 Å². The molecule has 1 aromatic carbocycles. The monoisotopic (exact) mass is 401 g/mol. The van der Waals surface area contributed by atoms with Crippen molar-refractivity contribution in [3.8, 4) is 0 Å². The van der Waals surface area contributed by atoms with Crippen LogP contribution in [0.5, 0.6) is 0 Å². The van der Waals surface area contributed by atoms with E-state index in [1.54, 1.807) is 0 Å². The maximum absolute atomic E-state index is 13.0. The second-order valence-corrected chi connectivity index (χ2v) is 8.10. The number of hydrogen-bond donors (Lipinski definition) is 1. The summed E-state index contributed by atoms with van der Waals surface area (Å²) < 4.78 is 27.6. The Morgan fingerprint density at radius 3 is 2.64 bits per heavy atom. The molecule has 25 heavy (non-hydrogen) atoms. The molecule has 0 aliphatic carbocycles. The fourth-order valence-corrected chi connectivity index (χ4v) is 4.74. The Morgan fingerprint density at radius 2 is 2.00 bits per heavy atom. The van der Waals surface area contributed by atoms with Crippen LogP contribution in [0.25, 0.3) is 0 Å². The molecule has 0 radical (unpaired) electrons. The molecule has 1 aliphatic heterocycles. The molecule has 1 N–H and O–H groups in total. The van der Waals surface area contributed by atoms with Gasteiger partial charge in [-0.25, -0.2) is 8.42 Å². The van der Waals surface area contributed by atoms with Crippen LogP contribution in [0, 0.1) is 0 Å². The lowest BCUT2D eigenvalue weighted by Gasteiger charge is -2.35. The van der Waals surface area contributed by atoms with Crippen LogP contribution in [0.1, 0.15) is 24.1 Å². The summed E-state index contributed by atoms with van der Waals surface area (Å²) in [5.41, 5.74) is 2.22. The van der Waals surface area contributed by atoms with Gasteiger partial charge >= 0.3 is 0 Å². The lowest BCUT2D eigenvalue weighted by molar-refractivity contribution is 0.271. The van der Waals surface area contributed by atoms with Crippen molar-refractivity contribution in [2.24, 2.45) is 0 Å². The van der Waals surface area contributed by atoms with E-state index in [0.717, 1.165) is 12.0 Å². The fraction of sp³-hybridized carbons (Fsp3) is 0.353. The van der Waals surface area contributed by atoms with E-state index in [0.29, 0.717) is 24.7 Å². The van der Waals surface area contributed by atoms with E-state index in [2.05, 4.69) is 29.4 Å². The third-order valence-electron chi connectivity index (χ3n) is 4.25. The number of aryl methyl sites for hydroxylation is 1. The summed E-state index contributed by atoms with van der Waals surface area (Å²) in [6.07, 6.45) is 3.74. The van der Waals surface area contributed by atoms with Crippen molar-refractivity contribution in [3.05, 3.63) is 58.9 Å². The predicted octanol–water partition coefficient (Wildman–Crippen LogP) is 3.05. The van der Waals surface area contributed by atoms with E-state index in [9.17, 15) is 8.42 Å². The highest BCUT2D eigenvalue weighted by atomic mass is 35.5. The number of benzene rings is 1. The molecule has 5 nitrogen and oxygen atoms in total. The van der Waals surface area contributed by atoms with E-state index < -0.39 is 10.0 Å². The summed E-state index contributed by atoms with van der Waals surface area (Å²) in [5.74, 6) is 0. The van der Waals surface area contributed by atoms with Crippen molar-refractivity contribution < 1.29 is 8.42 Å². The van der Waals surface area contributed by atoms with Gasteiger partial charge in [0.2, 0.25) is 10.0 Å². The molecule has 136 valence electrons. The van der Waals surface area contributed by atoms with Gasteiger partial charge < -0.3 is 5.32 Å². The number of piperazine rings is 1. The topological polar surface area (TPSA) is 62.3 Å². The molecule has 2 heterocycles. The second-order valence-electron chi connectivity index (χ2n) is 5.77. The lowest BCUT2D eigenvalue weighted by Crippen LogP contribution is -2.48. The van der Waals surface area contributed by atoms with Gasteiger partial charge in [0.05, 0.1) is 11.1 Å². The molecule has 1 aliphatic rings. The van der Waals surface area contributed by atoms with E-state index in [1.807, 2.05) is 12.1 Å². The zero-order valence-corrected chi connectivity index (χ0v) is 16.2. The Morgan fingerprint density at radius 1 is 1.28 bits per heavy atom. The average Bonchev–Trinajstić information content (AvgIpc) is 2.62. The third-order valence-corrected chi connectivity index (χ3v) is 6.33. The SMILES string of the molecule is CCc1ccc(C2CNCCN2S(=O)(=O)c2cncc(Cl)c2)cc1.Cl. The molecule has 0 saturated carbocycles. The van der Waals surface area contributed by atoms with E-state index >= 15 is 0 Å². The number of rotatable bonds is 4. The van der Waals surface area contributed by atoms with Crippen LogP contribution < -0.4 is 5.32 Å². The molecule has 2 aromatic rings. The first-order chi connectivity index (χ1) is 11.5. The van der Waals surface area contributed by atoms with Gasteiger partial charge in [-0.3, -0.25) is 4.98 Å². The van der Waals surface area contributed by atoms with Crippen LogP contribution in [0.4, 0.5) is 0 Å². The van der Waals surface area contributed by atoms with Crippen molar-refractivity contribution in [3.63, 3.8) is 0 Å². The van der Waals surface area contributed by atoms with Gasteiger partial charge in [-0.1, -0.05) is 42.8 Å². The molecule has 1 fully saturated rings. The zero-order chi connectivity index (χ0) is 17.2. The molecular weight excluding hydrogens is 381 g/mol. The molecule has 0 spiro atoms. The number of pyridine rings is 1. The number of halogens is 2. The molecular formula is C17H21Cl2N3O2S. The highest BCUT2D eigenvalue weighted by molar-refractivity contribution is 7.89. The Balaban J connectivity index is 0.00000225. The van der Waals surface area contributed by atoms with Crippen LogP contribution in [0.3, 0.4) is 0 Å². The Kier molecular flexibility index (Phi) is 6.82. The fourth-order valence-electron chi connectivity index (χ4n) is 2.90. The average molecular weight is 402 g/mol. The van der Waals surface area contributed by atoms with Crippen LogP contribution >= 0.6 is 24.0 Å². The molecule has 0 bridgehead atoms. The quantitative estimate of drug-likeness (QED) is 0.854. The van der Waals surface area contributed by atoms with Gasteiger partial charge in [0.1, 0.15) is 4.90 Å². The normalized spacial score (nSPS) is 18.6. The summed E-state index contributed by atoms with van der Waals surface area (Å²) in [6, 6.07) is 9.33. The summed E-state index contributed by atoms with van der Waals surface area (Å²) in [7, 11) is -3.65. The number of nitrogens with zero attached hydrogens (tertiary/aromatic N) is 2. The van der Waals surface area contributed by atoms with Crippen LogP contribution in [-0.4, -0.2) is 37.3 Å². The van der Waals surface area contributed by atoms with E-state index in [-0.39, 0.29) is 23.3 Å². The Labute approximate surface area is 159 Å². The van der Waals surface area contributed by atoms with Gasteiger partial charge in [-0.15, -0.1) is 12.4 Å². The molecule has 1 atom stereocenters. The standard InChI is InChI=1S/C17H20ClN3O2S.ClH/c1-2-13-3-5-14(6-4-13)17-12-19-7-8-21(17)24(22,23)16-9-15(18)10-20-11-16;/h3-6,9-11,17,19H,2,7-8,12H2,1H3;1H. The molecule has 1 aromatic heterocycles. The van der Waals surface area contributed by atoms with Gasteiger partial charge in [0.15, 0.2) is 0 Å². The molecule has 8 heteroatoms. The molecule has 1 unspecified atom stereocenters. The summed E-state index contributed by atoms with van der Waals surface area (Å²) in [4.78, 5) is 4.04. The zero-order valence-electron chi connectivity index (χ0n) is 13.9. The summed E-state index contributed by atoms with van der Waals surface area (Å²) in [5, 5.41) is 3.59. The van der Waals surface area contributed by atoms with Crippen LogP contribution in [-0.2, 0) is 16.4 Å². The minimum atomic E-state index is -3.65. The first-order valence-corrected chi connectivity index (χ1v) is 9.76. The van der Waals surface area contributed by atoms with Crippen molar-refractivity contribution in [1.29, 1.82) is 0 Å². The van der Waals surface area contributed by atoms with Crippen molar-refractivity contribution in [1.82, 2.24) is 14.6 Å².